The molecule has 0 unspecified atom stereocenters. The van der Waals surface area contributed by atoms with E-state index in [0.717, 1.165) is 27.9 Å². The Morgan fingerprint density at radius 2 is 2.33 bits per heavy atom. The second kappa shape index (κ2) is 4.82. The van der Waals surface area contributed by atoms with Crippen molar-refractivity contribution in [1.29, 1.82) is 0 Å². The maximum Gasteiger partial charge on any atom is 0.265 e. The number of rotatable bonds is 2. The Kier molecular flexibility index (Phi) is 3.18. The molecule has 1 amide bonds. The summed E-state index contributed by atoms with van der Waals surface area (Å²) in [4.78, 5) is 18.3. The van der Waals surface area contributed by atoms with Crippen molar-refractivity contribution in [3.8, 4) is 0 Å². The van der Waals surface area contributed by atoms with Gasteiger partial charge in [-0.2, -0.15) is 0 Å². The highest BCUT2D eigenvalue weighted by atomic mass is 79.9. The first-order chi connectivity index (χ1) is 8.74. The number of hydrogen-bond acceptors (Lipinski definition) is 3. The van der Waals surface area contributed by atoms with Gasteiger partial charge in [0.2, 0.25) is 0 Å². The van der Waals surface area contributed by atoms with Crippen LogP contribution in [0.5, 0.6) is 0 Å². The number of nitrogens with zero attached hydrogens (tertiary/aromatic N) is 1. The lowest BCUT2D eigenvalue weighted by Gasteiger charge is -2.04. The third-order valence-corrected chi connectivity index (χ3v) is 4.86. The van der Waals surface area contributed by atoms with E-state index >= 15 is 0 Å². The molecule has 18 heavy (non-hydrogen) atoms. The highest BCUT2D eigenvalue weighted by Gasteiger charge is 2.18. The first-order valence-electron chi connectivity index (χ1n) is 5.76. The highest BCUT2D eigenvalue weighted by Crippen LogP contribution is 2.31. The molecule has 5 heteroatoms. The zero-order valence-corrected chi connectivity index (χ0v) is 12.0. The fourth-order valence-electron chi connectivity index (χ4n) is 2.10. The number of thiophene rings is 1. The number of nitrogens with one attached hydrogen (secondary N) is 1. The third kappa shape index (κ3) is 2.20. The maximum atomic E-state index is 12.1. The molecule has 2 aromatic heterocycles. The Morgan fingerprint density at radius 1 is 1.44 bits per heavy atom. The van der Waals surface area contributed by atoms with Crippen LogP contribution in [-0.4, -0.2) is 10.9 Å². The summed E-state index contributed by atoms with van der Waals surface area (Å²) >= 11 is 4.98. The number of anilines is 1. The van der Waals surface area contributed by atoms with Crippen molar-refractivity contribution in [2.75, 3.05) is 5.32 Å². The summed E-state index contributed by atoms with van der Waals surface area (Å²) in [6.07, 6.45) is 6.78. The predicted molar refractivity (Wildman–Crippen MR) is 76.2 cm³/mol. The molecule has 0 aromatic carbocycles. The summed E-state index contributed by atoms with van der Waals surface area (Å²) in [7, 11) is 0. The van der Waals surface area contributed by atoms with Gasteiger partial charge >= 0.3 is 0 Å². The summed E-state index contributed by atoms with van der Waals surface area (Å²) in [5, 5.41) is 2.90. The molecule has 0 saturated heterocycles. The SMILES string of the molecule is O=C(Nc1ccncc1Br)c1cc2c(s1)CCC2. The van der Waals surface area contributed by atoms with Gasteiger partial charge in [-0.15, -0.1) is 11.3 Å². The zero-order chi connectivity index (χ0) is 12.5. The molecule has 3 rings (SSSR count). The minimum Gasteiger partial charge on any atom is -0.320 e. The summed E-state index contributed by atoms with van der Waals surface area (Å²) in [6.45, 7) is 0. The van der Waals surface area contributed by atoms with Gasteiger partial charge in [0.15, 0.2) is 0 Å². The summed E-state index contributed by atoms with van der Waals surface area (Å²) in [6, 6.07) is 3.81. The number of carbonyl (C=O) groups excluding carboxylic acids is 1. The molecule has 2 heterocycles. The quantitative estimate of drug-likeness (QED) is 0.917. The smallest absolute Gasteiger partial charge is 0.265 e. The molecule has 1 aliphatic rings. The first-order valence-corrected chi connectivity index (χ1v) is 7.37. The number of hydrogen-bond donors (Lipinski definition) is 1. The van der Waals surface area contributed by atoms with Crippen molar-refractivity contribution in [2.24, 2.45) is 0 Å². The second-order valence-corrected chi connectivity index (χ2v) is 6.21. The van der Waals surface area contributed by atoms with Crippen LogP contribution in [0, 0.1) is 0 Å². The molecule has 0 atom stereocenters. The Bertz CT molecular complexity index is 587. The fraction of sp³-hybridized carbons (Fsp3) is 0.231. The molecule has 0 spiro atoms. The van der Waals surface area contributed by atoms with Crippen LogP contribution < -0.4 is 5.32 Å². The number of halogens is 1. The lowest BCUT2D eigenvalue weighted by Crippen LogP contribution is -2.10. The molecule has 1 aliphatic carbocycles. The largest absolute Gasteiger partial charge is 0.320 e. The van der Waals surface area contributed by atoms with Crippen molar-refractivity contribution in [3.05, 3.63) is 44.3 Å². The van der Waals surface area contributed by atoms with Gasteiger partial charge in [-0.1, -0.05) is 0 Å². The van der Waals surface area contributed by atoms with Crippen molar-refractivity contribution in [3.63, 3.8) is 0 Å². The molecule has 3 nitrogen and oxygen atoms in total. The molecule has 92 valence electrons. The third-order valence-electron chi connectivity index (χ3n) is 2.99. The molecule has 0 radical (unpaired) electrons. The molecular weight excluding hydrogens is 312 g/mol. The van der Waals surface area contributed by atoms with E-state index in [2.05, 4.69) is 26.2 Å². The summed E-state index contributed by atoms with van der Waals surface area (Å²) in [5.41, 5.74) is 2.10. The van der Waals surface area contributed by atoms with Crippen LogP contribution in [0.4, 0.5) is 5.69 Å². The molecule has 0 saturated carbocycles. The van der Waals surface area contributed by atoms with E-state index in [-0.39, 0.29) is 5.91 Å². The summed E-state index contributed by atoms with van der Waals surface area (Å²) < 4.78 is 0.794. The monoisotopic (exact) mass is 322 g/mol. The van der Waals surface area contributed by atoms with E-state index in [1.165, 1.54) is 16.9 Å². The Morgan fingerprint density at radius 3 is 3.11 bits per heavy atom. The van der Waals surface area contributed by atoms with Crippen LogP contribution in [0.15, 0.2) is 29.0 Å². The minimum absolute atomic E-state index is 0.0405. The van der Waals surface area contributed by atoms with Gasteiger partial charge in [-0.25, -0.2) is 0 Å². The molecule has 0 bridgehead atoms. The average Bonchev–Trinajstić information content (AvgIpc) is 2.92. The van der Waals surface area contributed by atoms with Gasteiger partial charge in [0.25, 0.3) is 5.91 Å². The standard InChI is InChI=1S/C13H11BrN2OS/c14-9-7-15-5-4-10(9)16-13(17)12-6-8-2-1-3-11(8)18-12/h4-7H,1-3H2,(H,15,16,17). The van der Waals surface area contributed by atoms with Crippen LogP contribution in [-0.2, 0) is 12.8 Å². The van der Waals surface area contributed by atoms with Crippen LogP contribution in [0.2, 0.25) is 0 Å². The zero-order valence-electron chi connectivity index (χ0n) is 9.57. The predicted octanol–water partition coefficient (Wildman–Crippen LogP) is 3.65. The minimum atomic E-state index is -0.0405. The van der Waals surface area contributed by atoms with E-state index in [0.29, 0.717) is 0 Å². The molecule has 1 N–H and O–H groups in total. The fourth-order valence-corrected chi connectivity index (χ4v) is 3.60. The normalized spacial score (nSPS) is 13.4. The lowest BCUT2D eigenvalue weighted by molar-refractivity contribution is 0.103. The van der Waals surface area contributed by atoms with Gasteiger partial charge in [-0.05, 0) is 52.9 Å². The van der Waals surface area contributed by atoms with E-state index in [9.17, 15) is 4.79 Å². The van der Waals surface area contributed by atoms with Gasteiger partial charge in [0.05, 0.1) is 15.0 Å². The molecule has 0 aliphatic heterocycles. The molecular formula is C13H11BrN2OS. The molecule has 0 fully saturated rings. The van der Waals surface area contributed by atoms with E-state index in [1.54, 1.807) is 29.8 Å². The number of fused-ring (bicyclic) bond motifs is 1. The van der Waals surface area contributed by atoms with Crippen LogP contribution in [0.3, 0.4) is 0 Å². The Labute approximate surface area is 117 Å². The molecule has 2 aromatic rings. The topological polar surface area (TPSA) is 42.0 Å². The lowest BCUT2D eigenvalue weighted by atomic mass is 10.2. The average molecular weight is 323 g/mol. The van der Waals surface area contributed by atoms with Gasteiger partial charge < -0.3 is 5.32 Å². The number of pyridine rings is 1. The van der Waals surface area contributed by atoms with Crippen molar-refractivity contribution >= 4 is 38.9 Å². The number of aromatic nitrogens is 1. The first kappa shape index (κ1) is 11.9. The van der Waals surface area contributed by atoms with Crippen molar-refractivity contribution in [1.82, 2.24) is 4.98 Å². The Hall–Kier alpha value is -1.20. The van der Waals surface area contributed by atoms with Gasteiger partial charge in [0.1, 0.15) is 0 Å². The number of aryl methyl sites for hydroxylation is 2. The Balaban J connectivity index is 1.81. The van der Waals surface area contributed by atoms with E-state index < -0.39 is 0 Å². The van der Waals surface area contributed by atoms with E-state index in [4.69, 9.17) is 0 Å². The van der Waals surface area contributed by atoms with Crippen LogP contribution >= 0.6 is 27.3 Å². The maximum absolute atomic E-state index is 12.1. The number of carbonyl (C=O) groups is 1. The van der Waals surface area contributed by atoms with Crippen molar-refractivity contribution < 1.29 is 4.79 Å². The highest BCUT2D eigenvalue weighted by molar-refractivity contribution is 9.10. The summed E-state index contributed by atoms with van der Waals surface area (Å²) in [5.74, 6) is -0.0405. The van der Waals surface area contributed by atoms with Gasteiger partial charge in [-0.3, -0.25) is 9.78 Å². The van der Waals surface area contributed by atoms with Crippen LogP contribution in [0.1, 0.15) is 26.5 Å². The van der Waals surface area contributed by atoms with Crippen LogP contribution in [0.25, 0.3) is 0 Å². The number of amides is 1. The van der Waals surface area contributed by atoms with Crippen molar-refractivity contribution in [2.45, 2.75) is 19.3 Å². The van der Waals surface area contributed by atoms with E-state index in [1.807, 2.05) is 6.07 Å². The second-order valence-electron chi connectivity index (χ2n) is 4.22. The van der Waals surface area contributed by atoms with Gasteiger partial charge in [0, 0.05) is 17.3 Å².